The summed E-state index contributed by atoms with van der Waals surface area (Å²) in [6.07, 6.45) is 52.6. The third-order valence-corrected chi connectivity index (χ3v) is 13.3. The first kappa shape index (κ1) is 51.7. The quantitative estimate of drug-likeness (QED) is 0.0475. The molecule has 0 aliphatic carbocycles. The van der Waals surface area contributed by atoms with Crippen LogP contribution in [0.15, 0.2) is 65.8 Å². The minimum absolute atomic E-state index is 1.05. The second kappa shape index (κ2) is 34.9. The van der Waals surface area contributed by atoms with E-state index in [0.717, 1.165) is 37.1 Å². The van der Waals surface area contributed by atoms with Crippen LogP contribution in [0.5, 0.6) is 0 Å². The fourth-order valence-corrected chi connectivity index (χ4v) is 9.38. The van der Waals surface area contributed by atoms with Gasteiger partial charge in [0.05, 0.1) is 5.57 Å². The first-order valence-electron chi connectivity index (χ1n) is 26.6. The molecule has 2 aromatic rings. The summed E-state index contributed by atoms with van der Waals surface area (Å²) in [6, 6.07) is 18.4. The molecular weight excluding hydrogens is 725 g/mol. The van der Waals surface area contributed by atoms with Crippen LogP contribution in [0.3, 0.4) is 0 Å². The summed E-state index contributed by atoms with van der Waals surface area (Å²) < 4.78 is 1.81. The van der Waals surface area contributed by atoms with Crippen LogP contribution in [-0.2, 0) is 12.8 Å². The molecule has 0 amide bonds. The second-order valence-electron chi connectivity index (χ2n) is 18.8. The maximum atomic E-state index is 9.67. The van der Waals surface area contributed by atoms with Gasteiger partial charge in [0.2, 0.25) is 11.4 Å². The molecule has 1 N–H and O–H groups in total. The fraction of sp³-hybridized carbons (Fsp3) is 0.707. The Morgan fingerprint density at radius 3 is 1.08 bits per heavy atom. The molecule has 1 aliphatic rings. The van der Waals surface area contributed by atoms with Crippen molar-refractivity contribution in [2.75, 3.05) is 0 Å². The van der Waals surface area contributed by atoms with Gasteiger partial charge >= 0.3 is 0 Å². The van der Waals surface area contributed by atoms with E-state index >= 15 is 0 Å². The average Bonchev–Trinajstić information content (AvgIpc) is 3.54. The standard InChI is InChI=1S/C58H96N2/c1-5-9-13-15-16-17-18-19-20-21-22-23-24-25-26-27-28-29-30-31-32-33-34-35-36-38-42-56-55(41-37-14-10-6-2)57(53-47-43-51(44-48-53)39-11-7-3)60(59)58(56)54-49-45-52(46-50-54)40-12-8-4/h42-50,59H,5-41H2,1-4H3. The van der Waals surface area contributed by atoms with E-state index < -0.39 is 0 Å². The van der Waals surface area contributed by atoms with E-state index in [1.807, 2.05) is 4.68 Å². The molecule has 1 heterocycles. The monoisotopic (exact) mass is 821 g/mol. The van der Waals surface area contributed by atoms with Gasteiger partial charge in [0.25, 0.3) is 0 Å². The third-order valence-electron chi connectivity index (χ3n) is 13.3. The summed E-state index contributed by atoms with van der Waals surface area (Å²) in [6.45, 7) is 9.15. The number of unbranched alkanes of at least 4 members (excludes halogenated alkanes) is 30. The number of allylic oxidation sites excluding steroid dienone is 3. The molecule has 0 spiro atoms. The van der Waals surface area contributed by atoms with Gasteiger partial charge in [-0.15, -0.1) is 0 Å². The Morgan fingerprint density at radius 1 is 0.367 bits per heavy atom. The lowest BCUT2D eigenvalue weighted by atomic mass is 9.90. The number of hydrogen-bond donors (Lipinski definition) is 0. The highest BCUT2D eigenvalue weighted by Gasteiger charge is 2.35. The van der Waals surface area contributed by atoms with Gasteiger partial charge in [-0.2, -0.15) is 0 Å². The Balaban J connectivity index is 1.40. The highest BCUT2D eigenvalue weighted by molar-refractivity contribution is 6.16. The van der Waals surface area contributed by atoms with Crippen LogP contribution in [0.4, 0.5) is 0 Å². The van der Waals surface area contributed by atoms with Gasteiger partial charge in [-0.25, -0.2) is 4.68 Å². The first-order valence-corrected chi connectivity index (χ1v) is 26.6. The highest BCUT2D eigenvalue weighted by atomic mass is 15.3. The van der Waals surface area contributed by atoms with Crippen LogP contribution in [0.2, 0.25) is 0 Å². The van der Waals surface area contributed by atoms with Crippen LogP contribution >= 0.6 is 0 Å². The summed E-state index contributed by atoms with van der Waals surface area (Å²) in [5.41, 5.74) is 10.1. The smallest absolute Gasteiger partial charge is 0.215 e. The third kappa shape index (κ3) is 21.5. The van der Waals surface area contributed by atoms with Gasteiger partial charge < -0.3 is 5.84 Å². The topological polar surface area (TPSA) is 26.8 Å². The van der Waals surface area contributed by atoms with Gasteiger partial charge in [0.15, 0.2) is 0 Å². The SMILES string of the molecule is CCCCCCCCCCCCCCCCCCCCCCCCCCCC=C1C(CCCCCC)=C(c2ccc(CCCC)cc2)[N+]([NH-])=C1c1ccc(CCCC)cc1. The van der Waals surface area contributed by atoms with Crippen molar-refractivity contribution in [2.24, 2.45) is 0 Å². The van der Waals surface area contributed by atoms with E-state index in [0.29, 0.717) is 0 Å². The van der Waals surface area contributed by atoms with E-state index in [1.54, 1.807) is 0 Å². The summed E-state index contributed by atoms with van der Waals surface area (Å²) in [4.78, 5) is 0. The Hall–Kier alpha value is -2.61. The van der Waals surface area contributed by atoms with Crippen LogP contribution in [-0.4, -0.2) is 10.4 Å². The fourth-order valence-electron chi connectivity index (χ4n) is 9.38. The number of aryl methyl sites for hydroxylation is 2. The number of rotatable bonds is 39. The molecule has 0 unspecified atom stereocenters. The Bertz CT molecular complexity index is 1420. The molecule has 2 aromatic carbocycles. The zero-order valence-corrected chi connectivity index (χ0v) is 40.3. The average molecular weight is 821 g/mol. The lowest BCUT2D eigenvalue weighted by Gasteiger charge is -2.09. The molecular formula is C58H96N2. The Morgan fingerprint density at radius 2 is 0.700 bits per heavy atom. The van der Waals surface area contributed by atoms with Gasteiger partial charge in [-0.05, 0) is 86.8 Å². The summed E-state index contributed by atoms with van der Waals surface area (Å²) in [7, 11) is 0. The van der Waals surface area contributed by atoms with Crippen molar-refractivity contribution in [1.82, 2.24) is 0 Å². The molecule has 0 radical (unpaired) electrons. The molecule has 3 rings (SSSR count). The first-order chi connectivity index (χ1) is 29.6. The van der Waals surface area contributed by atoms with E-state index in [9.17, 15) is 5.84 Å². The van der Waals surface area contributed by atoms with Crippen molar-refractivity contribution in [3.63, 3.8) is 0 Å². The second-order valence-corrected chi connectivity index (χ2v) is 18.8. The number of nitrogens with one attached hydrogen (secondary N) is 1. The normalized spacial score (nSPS) is 13.8. The summed E-state index contributed by atoms with van der Waals surface area (Å²) in [5.74, 6) is 9.67. The predicted octanol–water partition coefficient (Wildman–Crippen LogP) is 19.6. The van der Waals surface area contributed by atoms with Crippen molar-refractivity contribution in [3.05, 3.63) is 93.8 Å². The van der Waals surface area contributed by atoms with Crippen LogP contribution < -0.4 is 0 Å². The minimum Gasteiger partial charge on any atom is -0.448 e. The van der Waals surface area contributed by atoms with Crippen molar-refractivity contribution in [1.29, 1.82) is 0 Å². The lowest BCUT2D eigenvalue weighted by molar-refractivity contribution is -0.347. The van der Waals surface area contributed by atoms with E-state index in [2.05, 4.69) is 82.3 Å². The molecule has 338 valence electrons. The molecule has 0 atom stereocenters. The summed E-state index contributed by atoms with van der Waals surface area (Å²) in [5, 5.41) is 0. The number of benzene rings is 2. The lowest BCUT2D eigenvalue weighted by Crippen LogP contribution is -2.11. The molecule has 2 nitrogen and oxygen atoms in total. The van der Waals surface area contributed by atoms with Crippen molar-refractivity contribution in [2.45, 2.75) is 265 Å². The number of nitrogens with zero attached hydrogens (tertiary/aromatic N) is 1. The summed E-state index contributed by atoms with van der Waals surface area (Å²) >= 11 is 0. The van der Waals surface area contributed by atoms with Crippen LogP contribution in [0.25, 0.3) is 11.5 Å². The van der Waals surface area contributed by atoms with Gasteiger partial charge in [0, 0.05) is 16.7 Å². The Kier molecular flexibility index (Phi) is 30.1. The Labute approximate surface area is 373 Å². The molecule has 0 bridgehead atoms. The van der Waals surface area contributed by atoms with Gasteiger partial charge in [-0.1, -0.05) is 244 Å². The molecule has 0 aromatic heterocycles. The van der Waals surface area contributed by atoms with Crippen LogP contribution in [0, 0.1) is 0 Å². The van der Waals surface area contributed by atoms with Crippen molar-refractivity contribution in [3.8, 4) is 0 Å². The van der Waals surface area contributed by atoms with Gasteiger partial charge in [-0.3, -0.25) is 0 Å². The van der Waals surface area contributed by atoms with E-state index in [-0.39, 0.29) is 0 Å². The van der Waals surface area contributed by atoms with E-state index in [4.69, 9.17) is 0 Å². The largest absolute Gasteiger partial charge is 0.448 e. The number of hydrogen-bond acceptors (Lipinski definition) is 0. The molecule has 60 heavy (non-hydrogen) atoms. The predicted molar refractivity (Wildman–Crippen MR) is 268 cm³/mol. The zero-order valence-electron chi connectivity index (χ0n) is 40.3. The molecule has 2 heteroatoms. The van der Waals surface area contributed by atoms with Crippen LogP contribution in [0.1, 0.15) is 275 Å². The molecule has 0 saturated carbocycles. The minimum atomic E-state index is 1.05. The van der Waals surface area contributed by atoms with Crippen molar-refractivity contribution >= 4 is 11.4 Å². The molecule has 0 saturated heterocycles. The molecule has 1 aliphatic heterocycles. The molecule has 0 fully saturated rings. The zero-order chi connectivity index (χ0) is 42.7. The van der Waals surface area contributed by atoms with E-state index in [1.165, 1.54) is 245 Å². The van der Waals surface area contributed by atoms with Crippen molar-refractivity contribution < 1.29 is 4.68 Å². The maximum Gasteiger partial charge on any atom is 0.215 e. The maximum absolute atomic E-state index is 9.67. The van der Waals surface area contributed by atoms with Gasteiger partial charge in [0.1, 0.15) is 0 Å². The highest BCUT2D eigenvalue weighted by Crippen LogP contribution is 2.38.